The molecule has 6 nitrogen and oxygen atoms in total. The molecule has 0 aliphatic carbocycles. The highest BCUT2D eigenvalue weighted by Crippen LogP contribution is 2.43. The maximum absolute atomic E-state index is 13.6. The zero-order valence-electron chi connectivity index (χ0n) is 18.6. The minimum Gasteiger partial charge on any atom is -0.507 e. The van der Waals surface area contributed by atoms with Crippen molar-refractivity contribution in [3.63, 3.8) is 0 Å². The molecule has 0 saturated carbocycles. The van der Waals surface area contributed by atoms with E-state index in [9.17, 15) is 19.1 Å². The Morgan fingerprint density at radius 1 is 1.09 bits per heavy atom. The predicted molar refractivity (Wildman–Crippen MR) is 124 cm³/mol. The second-order valence-electron chi connectivity index (χ2n) is 8.38. The monoisotopic (exact) mass is 459 g/mol. The Labute approximate surface area is 195 Å². The predicted octanol–water partition coefficient (Wildman–Crippen LogP) is 4.78. The number of rotatable bonds is 4. The Bertz CT molecular complexity index is 1330. The smallest absolute Gasteiger partial charge is 0.300 e. The number of carbonyl (C=O) groups excluding carboxylic acids is 2. The standard InChI is InChI=1S/C27H22FNO5/c1-15-12-18-13-17(6-11-22(18)34-15)25(30)23-24(16-4-3-5-21(14-16)33-2)29(27(32)26(23)31)20-9-7-19(28)8-10-20/h3-11,13-15,24,30H,12H2,1-2H3/b25-23-. The lowest BCUT2D eigenvalue weighted by Gasteiger charge is -2.25. The summed E-state index contributed by atoms with van der Waals surface area (Å²) >= 11 is 0. The van der Waals surface area contributed by atoms with Gasteiger partial charge in [0, 0.05) is 17.7 Å². The number of carbonyl (C=O) groups is 2. The van der Waals surface area contributed by atoms with Gasteiger partial charge in [0.05, 0.1) is 18.7 Å². The molecule has 3 aromatic carbocycles. The lowest BCUT2D eigenvalue weighted by molar-refractivity contribution is -0.132. The van der Waals surface area contributed by atoms with Crippen molar-refractivity contribution in [2.24, 2.45) is 0 Å². The number of amides is 1. The van der Waals surface area contributed by atoms with E-state index in [1.165, 1.54) is 36.3 Å². The van der Waals surface area contributed by atoms with E-state index in [2.05, 4.69) is 0 Å². The van der Waals surface area contributed by atoms with Gasteiger partial charge in [-0.1, -0.05) is 12.1 Å². The molecule has 0 bridgehead atoms. The SMILES string of the molecule is COc1cccc(C2/C(=C(/O)c3ccc4c(c3)CC(C)O4)C(=O)C(=O)N2c2ccc(F)cc2)c1. The molecular formula is C27H22FNO5. The molecule has 5 rings (SSSR count). The number of hydrogen-bond donors (Lipinski definition) is 1. The molecule has 1 saturated heterocycles. The number of benzene rings is 3. The average molecular weight is 459 g/mol. The number of ketones is 1. The van der Waals surface area contributed by atoms with E-state index in [-0.39, 0.29) is 17.4 Å². The number of nitrogens with zero attached hydrogens (tertiary/aromatic N) is 1. The van der Waals surface area contributed by atoms with Crippen molar-refractivity contribution >= 4 is 23.1 Å². The number of halogens is 1. The molecule has 3 aromatic rings. The average Bonchev–Trinajstić information content (AvgIpc) is 3.34. The van der Waals surface area contributed by atoms with Crippen LogP contribution in [0.1, 0.15) is 29.7 Å². The van der Waals surface area contributed by atoms with Gasteiger partial charge in [0.2, 0.25) is 0 Å². The topological polar surface area (TPSA) is 76.1 Å². The molecule has 2 aliphatic rings. The first-order valence-electron chi connectivity index (χ1n) is 10.9. The van der Waals surface area contributed by atoms with Crippen LogP contribution in [0, 0.1) is 5.82 Å². The molecule has 0 aromatic heterocycles. The molecular weight excluding hydrogens is 437 g/mol. The first-order valence-corrected chi connectivity index (χ1v) is 10.9. The fourth-order valence-corrected chi connectivity index (χ4v) is 4.55. The van der Waals surface area contributed by atoms with Gasteiger partial charge < -0.3 is 14.6 Å². The summed E-state index contributed by atoms with van der Waals surface area (Å²) in [6, 6.07) is 16.5. The number of aliphatic hydroxyl groups is 1. The number of aliphatic hydroxyl groups excluding tert-OH is 1. The first kappa shape index (κ1) is 21.7. The van der Waals surface area contributed by atoms with E-state index >= 15 is 0 Å². The Balaban J connectivity index is 1.69. The van der Waals surface area contributed by atoms with Crippen molar-refractivity contribution in [2.45, 2.75) is 25.5 Å². The molecule has 172 valence electrons. The van der Waals surface area contributed by atoms with Crippen LogP contribution >= 0.6 is 0 Å². The molecule has 2 heterocycles. The largest absolute Gasteiger partial charge is 0.507 e. The van der Waals surface area contributed by atoms with E-state index < -0.39 is 23.5 Å². The molecule has 2 atom stereocenters. The highest BCUT2D eigenvalue weighted by atomic mass is 19.1. The summed E-state index contributed by atoms with van der Waals surface area (Å²) in [5, 5.41) is 11.3. The summed E-state index contributed by atoms with van der Waals surface area (Å²) in [5.74, 6) is -1.10. The molecule has 1 fully saturated rings. The van der Waals surface area contributed by atoms with E-state index in [0.717, 1.165) is 11.3 Å². The van der Waals surface area contributed by atoms with Gasteiger partial charge >= 0.3 is 0 Å². The molecule has 0 spiro atoms. The zero-order valence-corrected chi connectivity index (χ0v) is 18.6. The number of anilines is 1. The number of ether oxygens (including phenoxy) is 2. The van der Waals surface area contributed by atoms with E-state index in [4.69, 9.17) is 9.47 Å². The minimum atomic E-state index is -0.927. The van der Waals surface area contributed by atoms with Gasteiger partial charge in [-0.15, -0.1) is 0 Å². The van der Waals surface area contributed by atoms with Crippen LogP contribution in [0.25, 0.3) is 5.76 Å². The van der Waals surface area contributed by atoms with Gasteiger partial charge in [-0.3, -0.25) is 14.5 Å². The van der Waals surface area contributed by atoms with Gasteiger partial charge in [0.25, 0.3) is 11.7 Å². The molecule has 1 amide bonds. The third kappa shape index (κ3) is 3.59. The van der Waals surface area contributed by atoms with Crippen LogP contribution in [0.3, 0.4) is 0 Å². The third-order valence-corrected chi connectivity index (χ3v) is 6.13. The van der Waals surface area contributed by atoms with Crippen LogP contribution < -0.4 is 14.4 Å². The number of hydrogen-bond acceptors (Lipinski definition) is 5. The molecule has 7 heteroatoms. The maximum atomic E-state index is 13.6. The van der Waals surface area contributed by atoms with E-state index in [1.54, 1.807) is 42.5 Å². The second-order valence-corrected chi connectivity index (χ2v) is 8.38. The van der Waals surface area contributed by atoms with Crippen LogP contribution in [-0.4, -0.2) is 30.0 Å². The summed E-state index contributed by atoms with van der Waals surface area (Å²) in [4.78, 5) is 27.7. The Hall–Kier alpha value is -4.13. The first-order chi connectivity index (χ1) is 16.4. The Morgan fingerprint density at radius 2 is 1.85 bits per heavy atom. The van der Waals surface area contributed by atoms with Gasteiger partial charge in [0.15, 0.2) is 0 Å². The molecule has 34 heavy (non-hydrogen) atoms. The van der Waals surface area contributed by atoms with Crippen molar-refractivity contribution in [3.8, 4) is 11.5 Å². The van der Waals surface area contributed by atoms with Crippen molar-refractivity contribution in [1.82, 2.24) is 0 Å². The second kappa shape index (κ2) is 8.33. The van der Waals surface area contributed by atoms with E-state index in [0.29, 0.717) is 29.0 Å². The van der Waals surface area contributed by atoms with Gasteiger partial charge in [-0.05, 0) is 72.6 Å². The van der Waals surface area contributed by atoms with Crippen molar-refractivity contribution in [2.75, 3.05) is 12.0 Å². The summed E-state index contributed by atoms with van der Waals surface area (Å²) < 4.78 is 24.7. The van der Waals surface area contributed by atoms with Crippen LogP contribution in [0.4, 0.5) is 10.1 Å². The van der Waals surface area contributed by atoms with Gasteiger partial charge in [-0.2, -0.15) is 0 Å². The van der Waals surface area contributed by atoms with Crippen molar-refractivity contribution < 1.29 is 28.6 Å². The summed E-state index contributed by atoms with van der Waals surface area (Å²) in [5.41, 5.74) is 2.20. The lowest BCUT2D eigenvalue weighted by Crippen LogP contribution is -2.29. The van der Waals surface area contributed by atoms with Crippen LogP contribution in [0.2, 0.25) is 0 Å². The number of methoxy groups -OCH3 is 1. The molecule has 1 N–H and O–H groups in total. The summed E-state index contributed by atoms with van der Waals surface area (Å²) in [6.07, 6.45) is 0.702. The molecule has 2 unspecified atom stereocenters. The Morgan fingerprint density at radius 3 is 2.59 bits per heavy atom. The van der Waals surface area contributed by atoms with Gasteiger partial charge in [-0.25, -0.2) is 4.39 Å². The molecule has 2 aliphatic heterocycles. The van der Waals surface area contributed by atoms with Crippen molar-refractivity contribution in [3.05, 3.63) is 94.8 Å². The summed E-state index contributed by atoms with van der Waals surface area (Å²) in [6.45, 7) is 1.95. The fraction of sp³-hybridized carbons (Fsp3) is 0.185. The van der Waals surface area contributed by atoms with Gasteiger partial charge in [0.1, 0.15) is 29.2 Å². The highest BCUT2D eigenvalue weighted by Gasteiger charge is 2.47. The normalized spacial score (nSPS) is 20.9. The maximum Gasteiger partial charge on any atom is 0.300 e. The quantitative estimate of drug-likeness (QED) is 0.345. The summed E-state index contributed by atoms with van der Waals surface area (Å²) in [7, 11) is 1.52. The van der Waals surface area contributed by atoms with E-state index in [1.807, 2.05) is 6.92 Å². The number of fused-ring (bicyclic) bond motifs is 1. The molecule has 0 radical (unpaired) electrons. The lowest BCUT2D eigenvalue weighted by atomic mass is 9.94. The van der Waals surface area contributed by atoms with Crippen LogP contribution in [0.5, 0.6) is 11.5 Å². The number of Topliss-reactive ketones (excluding diaryl/α,β-unsaturated/α-hetero) is 1. The Kier molecular flexibility index (Phi) is 5.32. The van der Waals surface area contributed by atoms with Crippen molar-refractivity contribution in [1.29, 1.82) is 0 Å². The van der Waals surface area contributed by atoms with Crippen LogP contribution in [-0.2, 0) is 16.0 Å². The fourth-order valence-electron chi connectivity index (χ4n) is 4.55. The minimum absolute atomic E-state index is 0.0215. The van der Waals surface area contributed by atoms with Crippen LogP contribution in [0.15, 0.2) is 72.3 Å². The highest BCUT2D eigenvalue weighted by molar-refractivity contribution is 6.51. The zero-order chi connectivity index (χ0) is 24.0. The third-order valence-electron chi connectivity index (χ3n) is 6.13.